The summed E-state index contributed by atoms with van der Waals surface area (Å²) in [4.78, 5) is 27.3. The molecule has 0 unspecified atom stereocenters. The van der Waals surface area contributed by atoms with Gasteiger partial charge in [0.2, 0.25) is 10.0 Å². The number of aryl methyl sites for hydroxylation is 4. The molecule has 0 saturated carbocycles. The molecule has 0 radical (unpaired) electrons. The van der Waals surface area contributed by atoms with E-state index >= 15 is 0 Å². The van der Waals surface area contributed by atoms with Crippen molar-refractivity contribution in [2.45, 2.75) is 72.1 Å². The number of aromatic amines is 1. The van der Waals surface area contributed by atoms with E-state index in [9.17, 15) is 18.0 Å². The Labute approximate surface area is 214 Å². The topological polar surface area (TPSA) is 92.2 Å². The van der Waals surface area contributed by atoms with Gasteiger partial charge in [0.15, 0.2) is 5.78 Å². The first-order chi connectivity index (χ1) is 16.9. The number of ketones is 1. The van der Waals surface area contributed by atoms with E-state index in [-0.39, 0.29) is 22.9 Å². The van der Waals surface area contributed by atoms with E-state index in [1.165, 1.54) is 8.99 Å². The van der Waals surface area contributed by atoms with E-state index < -0.39 is 27.9 Å². The van der Waals surface area contributed by atoms with Crippen molar-refractivity contribution in [3.05, 3.63) is 80.3 Å². The highest BCUT2D eigenvalue weighted by Crippen LogP contribution is 2.26. The zero-order chi connectivity index (χ0) is 26.8. The van der Waals surface area contributed by atoms with Gasteiger partial charge in [-0.2, -0.15) is 4.31 Å². The summed E-state index contributed by atoms with van der Waals surface area (Å²) in [5.41, 5.74) is 3.99. The molecule has 36 heavy (non-hydrogen) atoms. The van der Waals surface area contributed by atoms with Crippen LogP contribution in [0.3, 0.4) is 0 Å². The minimum absolute atomic E-state index is 0.0135. The van der Waals surface area contributed by atoms with Crippen molar-refractivity contribution in [1.82, 2.24) is 14.1 Å². The first kappa shape index (κ1) is 27.6. The number of rotatable bonds is 10. The van der Waals surface area contributed by atoms with Gasteiger partial charge >= 0.3 is 0 Å². The Morgan fingerprint density at radius 1 is 1.00 bits per heavy atom. The summed E-state index contributed by atoms with van der Waals surface area (Å²) in [6, 6.07) is 11.1. The largest absolute Gasteiger partial charge is 0.294 e. The third-order valence-electron chi connectivity index (χ3n) is 6.35. The van der Waals surface area contributed by atoms with Gasteiger partial charge in [0.1, 0.15) is 5.56 Å². The highest BCUT2D eigenvalue weighted by Gasteiger charge is 2.32. The van der Waals surface area contributed by atoms with Gasteiger partial charge in [0, 0.05) is 6.54 Å². The SMILES string of the molecule is CCCCN(CC(=O)c1c(C(C)C)[nH]n(-c2ccc(C)cc2)c1=O)S(=O)(=O)c1c(C)cc(C)cc1C. The molecule has 7 nitrogen and oxygen atoms in total. The molecule has 0 aliphatic heterocycles. The van der Waals surface area contributed by atoms with Gasteiger partial charge in [-0.3, -0.25) is 14.7 Å². The molecule has 0 aliphatic carbocycles. The molecule has 3 aromatic rings. The van der Waals surface area contributed by atoms with E-state index in [1.54, 1.807) is 13.8 Å². The number of Topliss-reactive ketones (excluding diaryl/α,β-unsaturated/α-hetero) is 1. The summed E-state index contributed by atoms with van der Waals surface area (Å²) < 4.78 is 30.2. The van der Waals surface area contributed by atoms with Crippen molar-refractivity contribution in [3.63, 3.8) is 0 Å². The predicted octanol–water partition coefficient (Wildman–Crippen LogP) is 5.20. The number of aromatic nitrogens is 2. The lowest BCUT2D eigenvalue weighted by atomic mass is 10.0. The van der Waals surface area contributed by atoms with Crippen LogP contribution in [0.2, 0.25) is 0 Å². The number of hydrogen-bond donors (Lipinski definition) is 1. The fourth-order valence-corrected chi connectivity index (χ4v) is 6.42. The Morgan fingerprint density at radius 2 is 1.58 bits per heavy atom. The second-order valence-electron chi connectivity index (χ2n) is 9.87. The average Bonchev–Trinajstić information content (AvgIpc) is 3.13. The van der Waals surface area contributed by atoms with Crippen LogP contribution in [0, 0.1) is 27.7 Å². The van der Waals surface area contributed by atoms with Crippen LogP contribution in [-0.2, 0) is 10.0 Å². The molecule has 194 valence electrons. The molecular weight excluding hydrogens is 474 g/mol. The van der Waals surface area contributed by atoms with Crippen LogP contribution >= 0.6 is 0 Å². The molecule has 0 aliphatic rings. The van der Waals surface area contributed by atoms with Crippen molar-refractivity contribution >= 4 is 15.8 Å². The van der Waals surface area contributed by atoms with Crippen LogP contribution in [0.5, 0.6) is 0 Å². The monoisotopic (exact) mass is 511 g/mol. The number of H-pyrrole nitrogens is 1. The standard InChI is InChI=1S/C28H37N3O4S/c1-8-9-14-30(36(34,35)27-21(6)15-20(5)16-22(27)7)17-24(32)25-26(18(2)3)29-31(28(25)33)23-12-10-19(4)11-13-23/h10-13,15-16,18,29H,8-9,14,17H2,1-7H3. The molecule has 1 N–H and O–H groups in total. The van der Waals surface area contributed by atoms with E-state index in [1.807, 2.05) is 71.0 Å². The van der Waals surface area contributed by atoms with Crippen molar-refractivity contribution in [2.24, 2.45) is 0 Å². The molecule has 0 atom stereocenters. The Bertz CT molecular complexity index is 1390. The summed E-state index contributed by atoms with van der Waals surface area (Å²) in [6.07, 6.45) is 1.38. The van der Waals surface area contributed by atoms with Crippen molar-refractivity contribution in [3.8, 4) is 5.69 Å². The van der Waals surface area contributed by atoms with Crippen LogP contribution in [0.1, 0.15) is 77.8 Å². The fraction of sp³-hybridized carbons (Fsp3) is 0.429. The molecule has 8 heteroatoms. The quantitative estimate of drug-likeness (QED) is 0.379. The maximum atomic E-state index is 13.8. The van der Waals surface area contributed by atoms with Crippen LogP contribution in [-0.4, -0.2) is 41.4 Å². The average molecular weight is 512 g/mol. The number of nitrogens with one attached hydrogen (secondary N) is 1. The van der Waals surface area contributed by atoms with Gasteiger partial charge in [0.05, 0.1) is 22.8 Å². The van der Waals surface area contributed by atoms with Gasteiger partial charge in [-0.1, -0.05) is 62.6 Å². The molecule has 0 amide bonds. The molecule has 1 heterocycles. The van der Waals surface area contributed by atoms with Gasteiger partial charge < -0.3 is 0 Å². The second-order valence-corrected chi connectivity index (χ2v) is 11.7. The lowest BCUT2D eigenvalue weighted by molar-refractivity contribution is 0.0963. The number of benzene rings is 2. The summed E-state index contributed by atoms with van der Waals surface area (Å²) in [7, 11) is -3.96. The highest BCUT2D eigenvalue weighted by molar-refractivity contribution is 7.89. The number of hydrogen-bond acceptors (Lipinski definition) is 4. The second kappa shape index (κ2) is 11.0. The Balaban J connectivity index is 2.07. The zero-order valence-electron chi connectivity index (χ0n) is 22.3. The fourth-order valence-electron chi connectivity index (χ4n) is 4.58. The van der Waals surface area contributed by atoms with E-state index in [0.717, 1.165) is 17.5 Å². The van der Waals surface area contributed by atoms with Crippen LogP contribution < -0.4 is 5.56 Å². The third-order valence-corrected chi connectivity index (χ3v) is 8.50. The number of sulfonamides is 1. The molecule has 2 aromatic carbocycles. The maximum Gasteiger partial charge on any atom is 0.282 e. The van der Waals surface area contributed by atoms with Crippen LogP contribution in [0.25, 0.3) is 5.69 Å². The molecule has 0 fully saturated rings. The maximum absolute atomic E-state index is 13.8. The van der Waals surface area contributed by atoms with Gasteiger partial charge in [-0.25, -0.2) is 13.1 Å². The number of carbonyl (C=O) groups is 1. The Morgan fingerprint density at radius 3 is 2.11 bits per heavy atom. The molecule has 1 aromatic heterocycles. The first-order valence-electron chi connectivity index (χ1n) is 12.4. The zero-order valence-corrected chi connectivity index (χ0v) is 23.1. The predicted molar refractivity (Wildman–Crippen MR) is 144 cm³/mol. The minimum Gasteiger partial charge on any atom is -0.294 e. The van der Waals surface area contributed by atoms with Crippen molar-refractivity contribution in [1.29, 1.82) is 0 Å². The van der Waals surface area contributed by atoms with Gasteiger partial charge in [0.25, 0.3) is 5.56 Å². The van der Waals surface area contributed by atoms with Crippen molar-refractivity contribution in [2.75, 3.05) is 13.1 Å². The van der Waals surface area contributed by atoms with Gasteiger partial charge in [-0.05, 0) is 63.3 Å². The summed E-state index contributed by atoms with van der Waals surface area (Å²) >= 11 is 0. The number of nitrogens with zero attached hydrogens (tertiary/aromatic N) is 2. The molecule has 0 bridgehead atoms. The first-order valence-corrected chi connectivity index (χ1v) is 13.9. The Hall–Kier alpha value is -2.97. The molecule has 3 rings (SSSR count). The third kappa shape index (κ3) is 5.55. The lowest BCUT2D eigenvalue weighted by Gasteiger charge is -2.24. The van der Waals surface area contributed by atoms with Crippen molar-refractivity contribution < 1.29 is 13.2 Å². The Kier molecular flexibility index (Phi) is 8.41. The summed E-state index contributed by atoms with van der Waals surface area (Å²) in [5.74, 6) is -0.640. The smallest absolute Gasteiger partial charge is 0.282 e. The van der Waals surface area contributed by atoms with E-state index in [4.69, 9.17) is 0 Å². The minimum atomic E-state index is -3.96. The highest BCUT2D eigenvalue weighted by atomic mass is 32.2. The molecular formula is C28H37N3O4S. The van der Waals surface area contributed by atoms with E-state index in [0.29, 0.717) is 28.9 Å². The molecule has 0 saturated heterocycles. The summed E-state index contributed by atoms with van der Waals surface area (Å²) in [5, 5.41) is 3.09. The number of unbranched alkanes of at least 4 members (excludes halogenated alkanes) is 1. The normalized spacial score (nSPS) is 12.0. The van der Waals surface area contributed by atoms with E-state index in [2.05, 4.69) is 5.10 Å². The summed E-state index contributed by atoms with van der Waals surface area (Å²) in [6.45, 7) is 13.0. The lowest BCUT2D eigenvalue weighted by Crippen LogP contribution is -2.38. The van der Waals surface area contributed by atoms with Gasteiger partial charge in [-0.15, -0.1) is 0 Å². The van der Waals surface area contributed by atoms with Crippen LogP contribution in [0.15, 0.2) is 46.1 Å². The number of carbonyl (C=O) groups excluding carboxylic acids is 1. The molecule has 0 spiro atoms. The van der Waals surface area contributed by atoms with Crippen LogP contribution in [0.4, 0.5) is 0 Å².